The molecule has 0 atom stereocenters. The molecule has 0 amide bonds. The van der Waals surface area contributed by atoms with Crippen molar-refractivity contribution in [3.05, 3.63) is 28.1 Å². The largest absolute Gasteiger partial charge is 0.316 e. The van der Waals surface area contributed by atoms with Crippen LogP contribution >= 0.6 is 22.9 Å². The normalized spacial score (nSPS) is 9.81. The van der Waals surface area contributed by atoms with Crippen molar-refractivity contribution >= 4 is 33.9 Å². The summed E-state index contributed by atoms with van der Waals surface area (Å²) in [6, 6.07) is 2.02. The van der Waals surface area contributed by atoms with Gasteiger partial charge in [0, 0.05) is 5.56 Å². The van der Waals surface area contributed by atoms with E-state index in [2.05, 4.69) is 20.3 Å². The zero-order chi connectivity index (χ0) is 11.5. The van der Waals surface area contributed by atoms with Gasteiger partial charge in [0.05, 0.1) is 6.20 Å². The molecule has 1 N–H and O–H groups in total. The molecule has 80 valence electrons. The fraction of sp³-hybridized carbons (Fsp3) is 0.111. The molecule has 0 aliphatic rings. The average molecular weight is 252 g/mol. The van der Waals surface area contributed by atoms with Gasteiger partial charge in [-0.05, 0) is 6.92 Å². The zero-order valence-electron chi connectivity index (χ0n) is 8.23. The minimum atomic E-state index is 0.398. The Morgan fingerprint density at radius 1 is 1.44 bits per heavy atom. The fourth-order valence-electron chi connectivity index (χ4n) is 1.04. The van der Waals surface area contributed by atoms with E-state index in [0.717, 1.165) is 5.56 Å². The average Bonchev–Trinajstić information content (AvgIpc) is 2.73. The number of anilines is 2. The minimum Gasteiger partial charge on any atom is -0.316 e. The quantitative estimate of drug-likeness (QED) is 0.830. The number of nitrogens with zero attached hydrogens (tertiary/aromatic N) is 4. The van der Waals surface area contributed by atoms with Crippen molar-refractivity contribution in [3.8, 4) is 6.07 Å². The molecule has 2 heterocycles. The highest BCUT2D eigenvalue weighted by atomic mass is 35.5. The second-order valence-electron chi connectivity index (χ2n) is 2.90. The lowest BCUT2D eigenvalue weighted by Crippen LogP contribution is -1.97. The van der Waals surface area contributed by atoms with Gasteiger partial charge in [0.1, 0.15) is 28.2 Å². The van der Waals surface area contributed by atoms with Gasteiger partial charge in [-0.15, -0.1) is 0 Å². The van der Waals surface area contributed by atoms with Gasteiger partial charge in [-0.3, -0.25) is 0 Å². The molecule has 16 heavy (non-hydrogen) atoms. The van der Waals surface area contributed by atoms with Crippen LogP contribution in [-0.4, -0.2) is 15.0 Å². The first kappa shape index (κ1) is 10.8. The number of nitrogens with one attached hydrogen (secondary N) is 1. The van der Waals surface area contributed by atoms with Crippen LogP contribution in [0.3, 0.4) is 0 Å². The van der Waals surface area contributed by atoms with Gasteiger partial charge in [0.2, 0.25) is 0 Å². The summed E-state index contributed by atoms with van der Waals surface area (Å²) in [5.41, 5.74) is 0.748. The summed E-state index contributed by atoms with van der Waals surface area (Å²) >= 11 is 7.11. The Balaban J connectivity index is 2.27. The maximum atomic E-state index is 8.66. The van der Waals surface area contributed by atoms with Gasteiger partial charge < -0.3 is 5.32 Å². The van der Waals surface area contributed by atoms with Gasteiger partial charge in [-0.25, -0.2) is 15.0 Å². The molecule has 0 saturated heterocycles. The number of aromatic nitrogens is 3. The van der Waals surface area contributed by atoms with E-state index in [9.17, 15) is 0 Å². The Morgan fingerprint density at radius 3 is 2.94 bits per heavy atom. The van der Waals surface area contributed by atoms with Gasteiger partial charge in [0.15, 0.2) is 5.13 Å². The summed E-state index contributed by atoms with van der Waals surface area (Å²) in [7, 11) is 0. The Bertz CT molecular complexity index is 559. The Morgan fingerprint density at radius 2 is 2.25 bits per heavy atom. The monoisotopic (exact) mass is 251 g/mol. The molecule has 5 nitrogen and oxygen atoms in total. The van der Waals surface area contributed by atoms with Crippen LogP contribution in [0.2, 0.25) is 5.15 Å². The van der Waals surface area contributed by atoms with E-state index in [1.54, 1.807) is 0 Å². The molecule has 2 aromatic rings. The van der Waals surface area contributed by atoms with Crippen LogP contribution in [-0.2, 0) is 0 Å². The van der Waals surface area contributed by atoms with E-state index in [1.807, 2.05) is 13.0 Å². The third-order valence-corrected chi connectivity index (χ3v) is 3.06. The van der Waals surface area contributed by atoms with E-state index in [4.69, 9.17) is 16.9 Å². The first-order valence-electron chi connectivity index (χ1n) is 4.30. The summed E-state index contributed by atoms with van der Waals surface area (Å²) in [6.45, 7) is 1.81. The molecular formula is C9H6ClN5S. The van der Waals surface area contributed by atoms with E-state index in [1.165, 1.54) is 23.9 Å². The molecule has 0 bridgehead atoms. The van der Waals surface area contributed by atoms with Crippen molar-refractivity contribution in [2.24, 2.45) is 0 Å². The van der Waals surface area contributed by atoms with Crippen LogP contribution in [0.4, 0.5) is 10.9 Å². The minimum absolute atomic E-state index is 0.398. The van der Waals surface area contributed by atoms with Crippen LogP contribution in [0, 0.1) is 18.3 Å². The third kappa shape index (κ3) is 2.10. The smallest absolute Gasteiger partial charge is 0.189 e. The standard InChI is InChI=1S/C9H6ClN5S/c1-5-7(10)13-4-14-8(5)15-9-12-3-6(2-11)16-9/h3-4H,1H3,(H,12,13,14,15). The molecule has 0 saturated carbocycles. The summed E-state index contributed by atoms with van der Waals surface area (Å²) in [4.78, 5) is 12.5. The van der Waals surface area contributed by atoms with Crippen molar-refractivity contribution in [1.29, 1.82) is 5.26 Å². The Labute approximate surface area is 101 Å². The van der Waals surface area contributed by atoms with E-state index < -0.39 is 0 Å². The highest BCUT2D eigenvalue weighted by Crippen LogP contribution is 2.24. The number of thiazole rings is 1. The maximum absolute atomic E-state index is 8.66. The van der Waals surface area contributed by atoms with E-state index >= 15 is 0 Å². The molecule has 0 aromatic carbocycles. The predicted molar refractivity (Wildman–Crippen MR) is 61.9 cm³/mol. The van der Waals surface area contributed by atoms with Gasteiger partial charge >= 0.3 is 0 Å². The summed E-state index contributed by atoms with van der Waals surface area (Å²) in [5.74, 6) is 0.596. The molecule has 0 radical (unpaired) electrons. The summed E-state index contributed by atoms with van der Waals surface area (Å²) in [6.07, 6.45) is 2.88. The van der Waals surface area contributed by atoms with Crippen molar-refractivity contribution < 1.29 is 0 Å². The summed E-state index contributed by atoms with van der Waals surface area (Å²) in [5, 5.41) is 12.7. The molecule has 0 unspecified atom stereocenters. The lowest BCUT2D eigenvalue weighted by Gasteiger charge is -2.05. The molecule has 2 rings (SSSR count). The van der Waals surface area contributed by atoms with Crippen LogP contribution in [0.25, 0.3) is 0 Å². The second-order valence-corrected chi connectivity index (χ2v) is 4.29. The molecule has 2 aromatic heterocycles. The van der Waals surface area contributed by atoms with Crippen molar-refractivity contribution in [1.82, 2.24) is 15.0 Å². The van der Waals surface area contributed by atoms with Crippen LogP contribution < -0.4 is 5.32 Å². The molecule has 0 aliphatic carbocycles. The predicted octanol–water partition coefficient (Wildman–Crippen LogP) is 2.51. The van der Waals surface area contributed by atoms with E-state index in [-0.39, 0.29) is 0 Å². The van der Waals surface area contributed by atoms with Crippen LogP contribution in [0.5, 0.6) is 0 Å². The van der Waals surface area contributed by atoms with Crippen molar-refractivity contribution in [2.75, 3.05) is 5.32 Å². The van der Waals surface area contributed by atoms with Crippen molar-refractivity contribution in [3.63, 3.8) is 0 Å². The highest BCUT2D eigenvalue weighted by molar-refractivity contribution is 7.16. The zero-order valence-corrected chi connectivity index (χ0v) is 9.80. The number of nitriles is 1. The third-order valence-electron chi connectivity index (χ3n) is 1.86. The van der Waals surface area contributed by atoms with Crippen LogP contribution in [0.15, 0.2) is 12.5 Å². The molecule has 0 aliphatic heterocycles. The number of halogens is 1. The second kappa shape index (κ2) is 4.43. The lowest BCUT2D eigenvalue weighted by molar-refractivity contribution is 1.13. The highest BCUT2D eigenvalue weighted by Gasteiger charge is 2.07. The van der Waals surface area contributed by atoms with Gasteiger partial charge in [-0.1, -0.05) is 22.9 Å². The maximum Gasteiger partial charge on any atom is 0.189 e. The topological polar surface area (TPSA) is 74.5 Å². The number of rotatable bonds is 2. The number of hydrogen-bond acceptors (Lipinski definition) is 6. The Hall–Kier alpha value is -1.71. The van der Waals surface area contributed by atoms with Gasteiger partial charge in [-0.2, -0.15) is 5.26 Å². The lowest BCUT2D eigenvalue weighted by atomic mass is 10.3. The Kier molecular flexibility index (Phi) is 2.99. The van der Waals surface area contributed by atoms with Crippen LogP contribution in [0.1, 0.15) is 10.4 Å². The van der Waals surface area contributed by atoms with Crippen molar-refractivity contribution in [2.45, 2.75) is 6.92 Å². The fourth-order valence-corrected chi connectivity index (χ4v) is 1.79. The van der Waals surface area contributed by atoms with Gasteiger partial charge in [0.25, 0.3) is 0 Å². The first-order chi connectivity index (χ1) is 7.70. The number of hydrogen-bond donors (Lipinski definition) is 1. The SMILES string of the molecule is Cc1c(Cl)ncnc1Nc1ncc(C#N)s1. The van der Waals surface area contributed by atoms with E-state index in [0.29, 0.717) is 21.0 Å². The molecule has 0 fully saturated rings. The first-order valence-corrected chi connectivity index (χ1v) is 5.50. The summed E-state index contributed by atoms with van der Waals surface area (Å²) < 4.78 is 0. The molecular weight excluding hydrogens is 246 g/mol. The molecule has 7 heteroatoms. The molecule has 0 spiro atoms.